The van der Waals surface area contributed by atoms with E-state index in [1.54, 1.807) is 0 Å². The molecule has 1 aliphatic rings. The van der Waals surface area contributed by atoms with Crippen molar-refractivity contribution in [1.82, 2.24) is 10.2 Å². The smallest absolute Gasteiger partial charge is 0.407 e. The van der Waals surface area contributed by atoms with Crippen LogP contribution in [0.5, 0.6) is 0 Å². The molecule has 1 saturated heterocycles. The Bertz CT molecular complexity index is 251. The van der Waals surface area contributed by atoms with Gasteiger partial charge in [0.05, 0.1) is 6.10 Å². The number of hydrogen-bond acceptors (Lipinski definition) is 4. The number of carbonyl (C=O) groups excluding carboxylic acids is 1. The minimum atomic E-state index is -0.441. The van der Waals surface area contributed by atoms with Gasteiger partial charge in [0.15, 0.2) is 0 Å². The normalized spacial score (nSPS) is 21.5. The van der Waals surface area contributed by atoms with Gasteiger partial charge < -0.3 is 20.1 Å². The number of likely N-dealkylation sites (tertiary alicyclic amines) is 1. The van der Waals surface area contributed by atoms with Crippen LogP contribution in [-0.2, 0) is 4.74 Å². The van der Waals surface area contributed by atoms with Gasteiger partial charge in [-0.05, 0) is 40.2 Å². The number of nitrogens with one attached hydrogen (secondary N) is 1. The van der Waals surface area contributed by atoms with Crippen LogP contribution in [0, 0.1) is 0 Å². The van der Waals surface area contributed by atoms with Crippen molar-refractivity contribution in [3.05, 3.63) is 0 Å². The van der Waals surface area contributed by atoms with E-state index in [4.69, 9.17) is 4.74 Å². The van der Waals surface area contributed by atoms with E-state index in [9.17, 15) is 9.90 Å². The lowest BCUT2D eigenvalue weighted by Gasteiger charge is -2.20. The first-order chi connectivity index (χ1) is 7.87. The molecule has 17 heavy (non-hydrogen) atoms. The number of hydrogen-bond donors (Lipinski definition) is 2. The van der Waals surface area contributed by atoms with E-state index in [0.29, 0.717) is 6.54 Å². The number of ether oxygens (including phenoxy) is 1. The van der Waals surface area contributed by atoms with Crippen LogP contribution in [0.2, 0.25) is 0 Å². The predicted octanol–water partition coefficient (Wildman–Crippen LogP) is 0.968. The molecule has 0 aromatic heterocycles. The standard InChI is InChI=1S/C12H24N2O3/c1-12(2,3)17-11(16)13-6-4-7-14-8-5-10(15)9-14/h10,15H,4-9H2,1-3H3,(H,13,16)/t10-/m0/s1. The van der Waals surface area contributed by atoms with Crippen LogP contribution in [0.1, 0.15) is 33.6 Å². The van der Waals surface area contributed by atoms with E-state index in [2.05, 4.69) is 10.2 Å². The van der Waals surface area contributed by atoms with Gasteiger partial charge >= 0.3 is 6.09 Å². The van der Waals surface area contributed by atoms with E-state index in [1.807, 2.05) is 20.8 Å². The zero-order valence-electron chi connectivity index (χ0n) is 11.0. The van der Waals surface area contributed by atoms with Crippen LogP contribution in [-0.4, -0.2) is 54.0 Å². The van der Waals surface area contributed by atoms with Gasteiger partial charge in [0.1, 0.15) is 5.60 Å². The summed E-state index contributed by atoms with van der Waals surface area (Å²) in [5, 5.41) is 12.1. The lowest BCUT2D eigenvalue weighted by molar-refractivity contribution is 0.0525. The molecule has 1 fully saturated rings. The van der Waals surface area contributed by atoms with Crippen molar-refractivity contribution in [2.24, 2.45) is 0 Å². The Morgan fingerprint density at radius 3 is 2.76 bits per heavy atom. The summed E-state index contributed by atoms with van der Waals surface area (Å²) >= 11 is 0. The number of aliphatic hydroxyl groups excluding tert-OH is 1. The number of nitrogens with zero attached hydrogens (tertiary/aromatic N) is 1. The van der Waals surface area contributed by atoms with Gasteiger partial charge in [0, 0.05) is 19.6 Å². The summed E-state index contributed by atoms with van der Waals surface area (Å²) in [4.78, 5) is 13.5. The molecule has 5 heteroatoms. The molecule has 0 unspecified atom stereocenters. The van der Waals surface area contributed by atoms with Gasteiger partial charge in [-0.2, -0.15) is 0 Å². The maximum Gasteiger partial charge on any atom is 0.407 e. The van der Waals surface area contributed by atoms with Gasteiger partial charge in [-0.1, -0.05) is 0 Å². The average molecular weight is 244 g/mol. The van der Waals surface area contributed by atoms with Crippen LogP contribution in [0.3, 0.4) is 0 Å². The summed E-state index contributed by atoms with van der Waals surface area (Å²) in [5.41, 5.74) is -0.441. The van der Waals surface area contributed by atoms with E-state index >= 15 is 0 Å². The molecule has 2 N–H and O–H groups in total. The number of amides is 1. The summed E-state index contributed by atoms with van der Waals surface area (Å²) in [6.45, 7) is 8.77. The number of β-amino-alcohol motifs (C(OH)–C–C–N with tert-alkyl or cyclic N) is 1. The summed E-state index contributed by atoms with van der Waals surface area (Å²) in [7, 11) is 0. The molecule has 1 heterocycles. The molecule has 0 radical (unpaired) electrons. The fourth-order valence-electron chi connectivity index (χ4n) is 1.82. The van der Waals surface area contributed by atoms with E-state index in [1.165, 1.54) is 0 Å². The summed E-state index contributed by atoms with van der Waals surface area (Å²) in [6.07, 6.45) is 1.21. The molecular weight excluding hydrogens is 220 g/mol. The molecular formula is C12H24N2O3. The van der Waals surface area contributed by atoms with Crippen LogP contribution < -0.4 is 5.32 Å². The first kappa shape index (κ1) is 14.3. The largest absolute Gasteiger partial charge is 0.444 e. The summed E-state index contributed by atoms with van der Waals surface area (Å²) in [5.74, 6) is 0. The molecule has 1 atom stereocenters. The number of aliphatic hydroxyl groups is 1. The molecule has 0 aromatic carbocycles. The van der Waals surface area contributed by atoms with Gasteiger partial charge in [-0.25, -0.2) is 4.79 Å². The summed E-state index contributed by atoms with van der Waals surface area (Å²) in [6, 6.07) is 0. The molecule has 5 nitrogen and oxygen atoms in total. The molecule has 0 saturated carbocycles. The molecule has 1 amide bonds. The third-order valence-electron chi connectivity index (χ3n) is 2.57. The summed E-state index contributed by atoms with van der Waals surface area (Å²) < 4.78 is 5.12. The van der Waals surface area contributed by atoms with Gasteiger partial charge in [-0.3, -0.25) is 0 Å². The van der Waals surface area contributed by atoms with Crippen LogP contribution >= 0.6 is 0 Å². The van der Waals surface area contributed by atoms with Gasteiger partial charge in [-0.15, -0.1) is 0 Å². The van der Waals surface area contributed by atoms with Crippen molar-refractivity contribution in [1.29, 1.82) is 0 Å². The molecule has 100 valence electrons. The van der Waals surface area contributed by atoms with Crippen molar-refractivity contribution < 1.29 is 14.6 Å². The SMILES string of the molecule is CC(C)(C)OC(=O)NCCCN1CC[C@H](O)C1. The quantitative estimate of drug-likeness (QED) is 0.723. The van der Waals surface area contributed by atoms with Crippen molar-refractivity contribution in [3.8, 4) is 0 Å². The molecule has 0 bridgehead atoms. The zero-order chi connectivity index (χ0) is 12.9. The lowest BCUT2D eigenvalue weighted by Crippen LogP contribution is -2.34. The Morgan fingerprint density at radius 1 is 1.53 bits per heavy atom. The van der Waals surface area contributed by atoms with Crippen LogP contribution in [0.15, 0.2) is 0 Å². The maximum atomic E-state index is 11.3. The Hall–Kier alpha value is -0.810. The highest BCUT2D eigenvalue weighted by molar-refractivity contribution is 5.67. The first-order valence-corrected chi connectivity index (χ1v) is 6.24. The minimum Gasteiger partial charge on any atom is -0.444 e. The number of rotatable bonds is 4. The average Bonchev–Trinajstić information content (AvgIpc) is 2.56. The molecule has 0 spiro atoms. The topological polar surface area (TPSA) is 61.8 Å². The van der Waals surface area contributed by atoms with Crippen molar-refractivity contribution in [3.63, 3.8) is 0 Å². The van der Waals surface area contributed by atoms with Crippen molar-refractivity contribution in [2.45, 2.75) is 45.3 Å². The third-order valence-corrected chi connectivity index (χ3v) is 2.57. The zero-order valence-corrected chi connectivity index (χ0v) is 11.0. The lowest BCUT2D eigenvalue weighted by atomic mass is 10.2. The van der Waals surface area contributed by atoms with E-state index in [-0.39, 0.29) is 12.2 Å². The van der Waals surface area contributed by atoms with Gasteiger partial charge in [0.25, 0.3) is 0 Å². The van der Waals surface area contributed by atoms with E-state index in [0.717, 1.165) is 32.5 Å². The molecule has 0 aromatic rings. The third kappa shape index (κ3) is 6.48. The van der Waals surface area contributed by atoms with Crippen molar-refractivity contribution in [2.75, 3.05) is 26.2 Å². The Labute approximate surface area is 103 Å². The number of alkyl carbamates (subject to hydrolysis) is 1. The Balaban J connectivity index is 2.02. The minimum absolute atomic E-state index is 0.172. The molecule has 0 aliphatic carbocycles. The fourth-order valence-corrected chi connectivity index (χ4v) is 1.82. The first-order valence-electron chi connectivity index (χ1n) is 6.24. The molecule has 1 rings (SSSR count). The van der Waals surface area contributed by atoms with E-state index < -0.39 is 5.60 Å². The molecule has 1 aliphatic heterocycles. The highest BCUT2D eigenvalue weighted by Crippen LogP contribution is 2.08. The highest BCUT2D eigenvalue weighted by Gasteiger charge is 2.19. The fraction of sp³-hybridized carbons (Fsp3) is 0.917. The second kappa shape index (κ2) is 6.21. The van der Waals surface area contributed by atoms with Crippen LogP contribution in [0.4, 0.5) is 4.79 Å². The Kier molecular flexibility index (Phi) is 5.21. The second-order valence-electron chi connectivity index (χ2n) is 5.53. The van der Waals surface area contributed by atoms with Crippen LogP contribution in [0.25, 0.3) is 0 Å². The Morgan fingerprint density at radius 2 is 2.24 bits per heavy atom. The number of carbonyl (C=O) groups is 1. The monoisotopic (exact) mass is 244 g/mol. The predicted molar refractivity (Wildman–Crippen MR) is 65.9 cm³/mol. The maximum absolute atomic E-state index is 11.3. The van der Waals surface area contributed by atoms with Gasteiger partial charge in [0.2, 0.25) is 0 Å². The second-order valence-corrected chi connectivity index (χ2v) is 5.53. The van der Waals surface area contributed by atoms with Crippen molar-refractivity contribution >= 4 is 6.09 Å². The highest BCUT2D eigenvalue weighted by atomic mass is 16.6.